The highest BCUT2D eigenvalue weighted by molar-refractivity contribution is 6.30. The third kappa shape index (κ3) is 4.74. The molecule has 0 unspecified atom stereocenters. The van der Waals surface area contributed by atoms with E-state index in [1.807, 2.05) is 67.7 Å². The number of carbonyl (C=O) groups is 1. The monoisotopic (exact) mass is 434 g/mol. The highest BCUT2D eigenvalue weighted by atomic mass is 35.5. The van der Waals surface area contributed by atoms with Crippen LogP contribution in [0.25, 0.3) is 10.9 Å². The molecule has 1 heterocycles. The standard InChI is InChI=1S/C25H23ClN2O3/c1-16(18-8-10-21(11-9-18)31-15-29)28-25(30)22-6-3-7-23-24(22)19(14-27-23)12-17-4-2-5-20(26)13-17/h2-11,13-14,16,27,29H,12,15H2,1H3,(H,28,30)/t16-/m0/s1. The predicted molar refractivity (Wildman–Crippen MR) is 123 cm³/mol. The number of hydrogen-bond donors (Lipinski definition) is 3. The average molecular weight is 435 g/mol. The molecule has 0 aliphatic heterocycles. The Kier molecular flexibility index (Phi) is 6.26. The van der Waals surface area contributed by atoms with Crippen LogP contribution in [0.3, 0.4) is 0 Å². The molecule has 0 radical (unpaired) electrons. The number of hydrogen-bond acceptors (Lipinski definition) is 3. The van der Waals surface area contributed by atoms with Crippen LogP contribution in [-0.2, 0) is 6.42 Å². The minimum Gasteiger partial charge on any atom is -0.468 e. The Morgan fingerprint density at radius 3 is 2.65 bits per heavy atom. The van der Waals surface area contributed by atoms with E-state index in [0.29, 0.717) is 22.8 Å². The normalized spacial score (nSPS) is 12.0. The molecule has 1 aromatic heterocycles. The van der Waals surface area contributed by atoms with Gasteiger partial charge >= 0.3 is 0 Å². The summed E-state index contributed by atoms with van der Waals surface area (Å²) in [5.41, 5.74) is 4.62. The first kappa shape index (κ1) is 21.0. The quantitative estimate of drug-likeness (QED) is 0.348. The van der Waals surface area contributed by atoms with Crippen LogP contribution in [0.1, 0.15) is 40.0 Å². The molecule has 6 heteroatoms. The third-order valence-electron chi connectivity index (χ3n) is 5.27. The largest absolute Gasteiger partial charge is 0.468 e. The SMILES string of the molecule is C[C@H](NC(=O)c1cccc2[nH]cc(Cc3cccc(Cl)c3)c12)c1ccc(OCO)cc1. The third-order valence-corrected chi connectivity index (χ3v) is 5.51. The van der Waals surface area contributed by atoms with Crippen molar-refractivity contribution in [2.45, 2.75) is 19.4 Å². The summed E-state index contributed by atoms with van der Waals surface area (Å²) in [6, 6.07) is 20.5. The first-order valence-electron chi connectivity index (χ1n) is 10.0. The van der Waals surface area contributed by atoms with Crippen LogP contribution in [0.5, 0.6) is 5.75 Å². The van der Waals surface area contributed by atoms with E-state index in [2.05, 4.69) is 10.3 Å². The molecular formula is C25H23ClN2O3. The van der Waals surface area contributed by atoms with Crippen LogP contribution in [0.4, 0.5) is 0 Å². The van der Waals surface area contributed by atoms with Crippen molar-refractivity contribution in [1.82, 2.24) is 10.3 Å². The second kappa shape index (κ2) is 9.25. The Labute approximate surface area is 185 Å². The summed E-state index contributed by atoms with van der Waals surface area (Å²) in [4.78, 5) is 16.4. The Hall–Kier alpha value is -3.28. The van der Waals surface area contributed by atoms with Gasteiger partial charge < -0.3 is 20.1 Å². The number of aliphatic hydroxyl groups excluding tert-OH is 1. The van der Waals surface area contributed by atoms with Crippen LogP contribution in [-0.4, -0.2) is 22.8 Å². The molecule has 4 aromatic rings. The minimum absolute atomic E-state index is 0.138. The molecule has 0 bridgehead atoms. The smallest absolute Gasteiger partial charge is 0.252 e. The van der Waals surface area contributed by atoms with E-state index in [1.54, 1.807) is 12.1 Å². The molecule has 0 aliphatic rings. The average Bonchev–Trinajstić information content (AvgIpc) is 3.17. The number of amides is 1. The topological polar surface area (TPSA) is 74.4 Å². The lowest BCUT2D eigenvalue weighted by Gasteiger charge is -2.16. The van der Waals surface area contributed by atoms with Crippen molar-refractivity contribution >= 4 is 28.4 Å². The summed E-state index contributed by atoms with van der Waals surface area (Å²) < 4.78 is 5.06. The highest BCUT2D eigenvalue weighted by Crippen LogP contribution is 2.27. The summed E-state index contributed by atoms with van der Waals surface area (Å²) in [6.07, 6.45) is 2.62. The number of aliphatic hydroxyl groups is 1. The highest BCUT2D eigenvalue weighted by Gasteiger charge is 2.17. The van der Waals surface area contributed by atoms with Crippen molar-refractivity contribution < 1.29 is 14.6 Å². The van der Waals surface area contributed by atoms with Gasteiger partial charge in [0.25, 0.3) is 5.91 Å². The maximum atomic E-state index is 13.2. The number of halogens is 1. The molecule has 0 spiro atoms. The molecule has 31 heavy (non-hydrogen) atoms. The minimum atomic E-state index is -0.371. The first-order valence-corrected chi connectivity index (χ1v) is 10.4. The lowest BCUT2D eigenvalue weighted by atomic mass is 9.99. The van der Waals surface area contributed by atoms with E-state index in [9.17, 15) is 4.79 Å². The Bertz CT molecular complexity index is 1200. The lowest BCUT2D eigenvalue weighted by molar-refractivity contribution is 0.0941. The lowest BCUT2D eigenvalue weighted by Crippen LogP contribution is -2.26. The zero-order chi connectivity index (χ0) is 21.8. The Morgan fingerprint density at radius 2 is 1.90 bits per heavy atom. The molecule has 0 saturated carbocycles. The van der Waals surface area contributed by atoms with Gasteiger partial charge in [-0.25, -0.2) is 0 Å². The fourth-order valence-electron chi connectivity index (χ4n) is 3.74. The maximum Gasteiger partial charge on any atom is 0.252 e. The van der Waals surface area contributed by atoms with Gasteiger partial charge in [0.2, 0.25) is 0 Å². The summed E-state index contributed by atoms with van der Waals surface area (Å²) in [5, 5.41) is 13.5. The number of ether oxygens (including phenoxy) is 1. The molecule has 3 N–H and O–H groups in total. The first-order chi connectivity index (χ1) is 15.0. The number of H-pyrrole nitrogens is 1. The number of rotatable bonds is 7. The van der Waals surface area contributed by atoms with Gasteiger partial charge in [-0.15, -0.1) is 0 Å². The van der Waals surface area contributed by atoms with E-state index < -0.39 is 0 Å². The van der Waals surface area contributed by atoms with Gasteiger partial charge in [-0.05, 0) is 66.4 Å². The van der Waals surface area contributed by atoms with E-state index in [-0.39, 0.29) is 18.7 Å². The Morgan fingerprint density at radius 1 is 1.13 bits per heavy atom. The number of carbonyl (C=O) groups excluding carboxylic acids is 1. The molecule has 1 atom stereocenters. The number of benzene rings is 3. The molecule has 0 fully saturated rings. The van der Waals surface area contributed by atoms with Crippen molar-refractivity contribution in [2.75, 3.05) is 6.79 Å². The molecule has 0 saturated heterocycles. The Balaban J connectivity index is 1.58. The van der Waals surface area contributed by atoms with E-state index in [0.717, 1.165) is 27.6 Å². The molecule has 4 rings (SSSR count). The van der Waals surface area contributed by atoms with Gasteiger partial charge in [0, 0.05) is 27.7 Å². The van der Waals surface area contributed by atoms with E-state index in [1.165, 1.54) is 0 Å². The van der Waals surface area contributed by atoms with Gasteiger partial charge in [-0.3, -0.25) is 4.79 Å². The van der Waals surface area contributed by atoms with Crippen molar-refractivity contribution in [3.63, 3.8) is 0 Å². The van der Waals surface area contributed by atoms with Crippen LogP contribution in [0.15, 0.2) is 72.9 Å². The van der Waals surface area contributed by atoms with Gasteiger partial charge in [0.15, 0.2) is 6.79 Å². The van der Waals surface area contributed by atoms with Gasteiger partial charge in [0.05, 0.1) is 6.04 Å². The predicted octanol–water partition coefficient (Wildman–Crippen LogP) is 5.23. The number of aromatic amines is 1. The zero-order valence-corrected chi connectivity index (χ0v) is 17.8. The summed E-state index contributed by atoms with van der Waals surface area (Å²) in [6.45, 7) is 1.56. The van der Waals surface area contributed by atoms with Gasteiger partial charge in [-0.1, -0.05) is 41.9 Å². The van der Waals surface area contributed by atoms with Crippen molar-refractivity contribution in [3.8, 4) is 5.75 Å². The van der Waals surface area contributed by atoms with Gasteiger partial charge in [-0.2, -0.15) is 0 Å². The van der Waals surface area contributed by atoms with Crippen LogP contribution in [0, 0.1) is 0 Å². The summed E-state index contributed by atoms with van der Waals surface area (Å²) in [7, 11) is 0. The molecule has 0 aliphatic carbocycles. The van der Waals surface area contributed by atoms with Crippen molar-refractivity contribution in [2.24, 2.45) is 0 Å². The maximum absolute atomic E-state index is 13.2. The van der Waals surface area contributed by atoms with Crippen molar-refractivity contribution in [3.05, 3.63) is 100 Å². The van der Waals surface area contributed by atoms with E-state index in [4.69, 9.17) is 21.4 Å². The second-order valence-electron chi connectivity index (χ2n) is 7.39. The number of aromatic nitrogens is 1. The zero-order valence-electron chi connectivity index (χ0n) is 17.1. The molecule has 5 nitrogen and oxygen atoms in total. The fraction of sp³-hybridized carbons (Fsp3) is 0.160. The van der Waals surface area contributed by atoms with Crippen molar-refractivity contribution in [1.29, 1.82) is 0 Å². The van der Waals surface area contributed by atoms with Crippen LogP contribution >= 0.6 is 11.6 Å². The molecular weight excluding hydrogens is 412 g/mol. The molecule has 158 valence electrons. The second-order valence-corrected chi connectivity index (χ2v) is 7.82. The molecule has 3 aromatic carbocycles. The van der Waals surface area contributed by atoms with Gasteiger partial charge in [0.1, 0.15) is 5.75 Å². The summed E-state index contributed by atoms with van der Waals surface area (Å²) >= 11 is 6.14. The van der Waals surface area contributed by atoms with E-state index >= 15 is 0 Å². The van der Waals surface area contributed by atoms with Crippen LogP contribution in [0.2, 0.25) is 5.02 Å². The van der Waals surface area contributed by atoms with Crippen LogP contribution < -0.4 is 10.1 Å². The number of nitrogens with one attached hydrogen (secondary N) is 2. The fourth-order valence-corrected chi connectivity index (χ4v) is 3.95. The summed E-state index contributed by atoms with van der Waals surface area (Å²) in [5.74, 6) is 0.438. The number of fused-ring (bicyclic) bond motifs is 1. The molecule has 1 amide bonds.